The number of benzene rings is 1. The molecule has 0 saturated heterocycles. The molecular formula is C15H24P. The minimum absolute atomic E-state index is 0.259. The maximum Gasteiger partial charge on any atom is 0.00419 e. The summed E-state index contributed by atoms with van der Waals surface area (Å²) in [5.74, 6) is 1.65. The molecule has 1 rings (SSSR count). The van der Waals surface area contributed by atoms with E-state index in [2.05, 4.69) is 67.3 Å². The van der Waals surface area contributed by atoms with Crippen LogP contribution in [0.2, 0.25) is 0 Å². The van der Waals surface area contributed by atoms with Crippen molar-refractivity contribution in [3.05, 3.63) is 41.8 Å². The van der Waals surface area contributed by atoms with Gasteiger partial charge in [-0.1, -0.05) is 58.0 Å². The van der Waals surface area contributed by atoms with Crippen molar-refractivity contribution in [2.24, 2.45) is 5.41 Å². The molecule has 0 aliphatic carbocycles. The van der Waals surface area contributed by atoms with Crippen LogP contribution in [0.4, 0.5) is 0 Å². The van der Waals surface area contributed by atoms with Gasteiger partial charge >= 0.3 is 0 Å². The van der Waals surface area contributed by atoms with E-state index in [4.69, 9.17) is 0 Å². The highest BCUT2D eigenvalue weighted by Gasteiger charge is 2.33. The van der Waals surface area contributed by atoms with Gasteiger partial charge in [-0.15, -0.1) is 9.24 Å². The Bertz CT molecular complexity index is 298. The summed E-state index contributed by atoms with van der Waals surface area (Å²) < 4.78 is 0. The Morgan fingerprint density at radius 1 is 1.12 bits per heavy atom. The lowest BCUT2D eigenvalue weighted by molar-refractivity contribution is 0.344. The van der Waals surface area contributed by atoms with E-state index < -0.39 is 0 Å². The summed E-state index contributed by atoms with van der Waals surface area (Å²) in [4.78, 5) is 0. The molecule has 0 amide bonds. The Kier molecular flexibility index (Phi) is 4.99. The molecule has 1 heteroatoms. The van der Waals surface area contributed by atoms with Crippen molar-refractivity contribution in [3.63, 3.8) is 0 Å². The Balaban J connectivity index is 2.91. The zero-order valence-corrected chi connectivity index (χ0v) is 12.1. The molecule has 0 aromatic heterocycles. The van der Waals surface area contributed by atoms with Gasteiger partial charge in [0.15, 0.2) is 0 Å². The fourth-order valence-electron chi connectivity index (χ4n) is 2.46. The van der Waals surface area contributed by atoms with Crippen LogP contribution in [0.5, 0.6) is 0 Å². The summed E-state index contributed by atoms with van der Waals surface area (Å²) in [5.41, 5.74) is 2.18. The molecule has 0 saturated carbocycles. The van der Waals surface area contributed by atoms with E-state index in [0.29, 0.717) is 5.66 Å². The van der Waals surface area contributed by atoms with Gasteiger partial charge in [0.25, 0.3) is 0 Å². The summed E-state index contributed by atoms with van der Waals surface area (Å²) in [5, 5.41) is 0. The van der Waals surface area contributed by atoms with Crippen LogP contribution < -0.4 is 0 Å². The van der Waals surface area contributed by atoms with E-state index in [1.807, 2.05) is 0 Å². The van der Waals surface area contributed by atoms with Crippen LogP contribution >= 0.6 is 9.24 Å². The van der Waals surface area contributed by atoms with Crippen LogP contribution in [0, 0.1) is 11.3 Å². The predicted octanol–water partition coefficient (Wildman–Crippen LogP) is 5.02. The van der Waals surface area contributed by atoms with Gasteiger partial charge in [0.1, 0.15) is 0 Å². The van der Waals surface area contributed by atoms with Gasteiger partial charge in [-0.25, -0.2) is 0 Å². The van der Waals surface area contributed by atoms with Gasteiger partial charge in [0, 0.05) is 5.66 Å². The second kappa shape index (κ2) is 5.82. The molecule has 1 aromatic rings. The molecule has 0 bridgehead atoms. The smallest absolute Gasteiger partial charge is 0.00419 e. The molecule has 0 aliphatic rings. The molecule has 16 heavy (non-hydrogen) atoms. The maximum atomic E-state index is 3.02. The second-order valence-corrected chi connectivity index (χ2v) is 5.59. The van der Waals surface area contributed by atoms with Gasteiger partial charge in [-0.2, -0.15) is 0 Å². The van der Waals surface area contributed by atoms with E-state index in [1.165, 1.54) is 18.4 Å². The van der Waals surface area contributed by atoms with Crippen LogP contribution in [-0.2, 0) is 0 Å². The van der Waals surface area contributed by atoms with Crippen molar-refractivity contribution in [1.82, 2.24) is 0 Å². The van der Waals surface area contributed by atoms with E-state index >= 15 is 0 Å². The summed E-state index contributed by atoms with van der Waals surface area (Å²) in [6, 6.07) is 10.8. The summed E-state index contributed by atoms with van der Waals surface area (Å²) in [6.07, 6.45) is 2.36. The maximum absolute atomic E-state index is 3.02. The number of hydrogen-bond donors (Lipinski definition) is 0. The van der Waals surface area contributed by atoms with Crippen molar-refractivity contribution < 1.29 is 0 Å². The molecule has 0 aliphatic heterocycles. The Morgan fingerprint density at radius 2 is 1.62 bits per heavy atom. The Labute approximate surface area is 103 Å². The molecular weight excluding hydrogens is 211 g/mol. The molecule has 0 N–H and O–H groups in total. The zero-order valence-electron chi connectivity index (χ0n) is 11.0. The molecule has 0 nitrogen and oxygen atoms in total. The third-order valence-corrected chi connectivity index (χ3v) is 4.92. The Hall–Kier alpha value is -0.350. The second-order valence-electron chi connectivity index (χ2n) is 4.92. The molecule has 2 unspecified atom stereocenters. The first-order chi connectivity index (χ1) is 7.54. The van der Waals surface area contributed by atoms with Gasteiger partial charge in [0.2, 0.25) is 0 Å². The molecule has 89 valence electrons. The highest BCUT2D eigenvalue weighted by Crippen LogP contribution is 2.49. The quantitative estimate of drug-likeness (QED) is 0.628. The summed E-state index contributed by atoms with van der Waals surface area (Å²) in [6.45, 7) is 9.26. The van der Waals surface area contributed by atoms with E-state index in [0.717, 1.165) is 0 Å². The molecule has 1 radical (unpaired) electrons. The fraction of sp³-hybridized carbons (Fsp3) is 0.533. The fourth-order valence-corrected chi connectivity index (χ4v) is 2.92. The zero-order chi connectivity index (χ0) is 12.2. The first-order valence-corrected chi connectivity index (χ1v) is 6.86. The van der Waals surface area contributed by atoms with Crippen molar-refractivity contribution in [3.8, 4) is 0 Å². The highest BCUT2D eigenvalue weighted by molar-refractivity contribution is 7.17. The lowest BCUT2D eigenvalue weighted by atomic mass is 9.71. The monoisotopic (exact) mass is 235 g/mol. The first kappa shape index (κ1) is 13.7. The van der Waals surface area contributed by atoms with Crippen molar-refractivity contribution >= 4 is 9.24 Å². The third kappa shape index (κ3) is 2.86. The normalized spacial score (nSPS) is 14.1. The molecule has 2 atom stereocenters. The van der Waals surface area contributed by atoms with Crippen LogP contribution in [-0.4, -0.2) is 0 Å². The molecule has 1 aromatic carbocycles. The largest absolute Gasteiger partial charge is 0.129 e. The van der Waals surface area contributed by atoms with Crippen molar-refractivity contribution in [2.75, 3.05) is 0 Å². The molecule has 0 fully saturated rings. The van der Waals surface area contributed by atoms with E-state index in [1.54, 1.807) is 5.92 Å². The van der Waals surface area contributed by atoms with Gasteiger partial charge in [-0.05, 0) is 29.7 Å². The SMILES string of the molecule is CC[C](CC)C(C)(C)C(P)c1ccccc1. The van der Waals surface area contributed by atoms with Gasteiger partial charge in [0.05, 0.1) is 0 Å². The van der Waals surface area contributed by atoms with Crippen LogP contribution in [0.1, 0.15) is 51.8 Å². The number of hydrogen-bond acceptors (Lipinski definition) is 0. The van der Waals surface area contributed by atoms with Gasteiger partial charge in [-0.3, -0.25) is 0 Å². The standard InChI is InChI=1S/C15H24P/c1-5-13(6-2)15(3,4)14(16)12-10-8-7-9-11-12/h7-11,14H,5-6,16H2,1-4H3. The van der Waals surface area contributed by atoms with Gasteiger partial charge < -0.3 is 0 Å². The first-order valence-electron chi connectivity index (χ1n) is 6.19. The third-order valence-electron chi connectivity index (χ3n) is 3.70. The summed E-state index contributed by atoms with van der Waals surface area (Å²) >= 11 is 0. The highest BCUT2D eigenvalue weighted by atomic mass is 31.0. The topological polar surface area (TPSA) is 0 Å². The minimum atomic E-state index is 0.259. The molecule has 0 heterocycles. The minimum Gasteiger partial charge on any atom is -0.129 e. The van der Waals surface area contributed by atoms with Crippen molar-refractivity contribution in [2.45, 2.75) is 46.2 Å². The van der Waals surface area contributed by atoms with E-state index in [9.17, 15) is 0 Å². The molecule has 0 spiro atoms. The summed E-state index contributed by atoms with van der Waals surface area (Å²) in [7, 11) is 3.02. The van der Waals surface area contributed by atoms with Crippen LogP contribution in [0.3, 0.4) is 0 Å². The Morgan fingerprint density at radius 3 is 2.06 bits per heavy atom. The van der Waals surface area contributed by atoms with Crippen LogP contribution in [0.25, 0.3) is 0 Å². The average molecular weight is 235 g/mol. The number of rotatable bonds is 5. The average Bonchev–Trinajstić information content (AvgIpc) is 2.30. The lowest BCUT2D eigenvalue weighted by Crippen LogP contribution is -2.26. The predicted molar refractivity (Wildman–Crippen MR) is 76.5 cm³/mol. The van der Waals surface area contributed by atoms with Crippen molar-refractivity contribution in [1.29, 1.82) is 0 Å². The lowest BCUT2D eigenvalue weighted by Gasteiger charge is -2.38. The van der Waals surface area contributed by atoms with E-state index in [-0.39, 0.29) is 5.41 Å². The van der Waals surface area contributed by atoms with Crippen LogP contribution in [0.15, 0.2) is 30.3 Å².